The van der Waals surface area contributed by atoms with Crippen molar-refractivity contribution in [2.75, 3.05) is 26.7 Å². The molecule has 1 saturated carbocycles. The molecular formula is C8H14N2O. The minimum Gasteiger partial charge on any atom is -0.344 e. The minimum absolute atomic E-state index is 0.230. The summed E-state index contributed by atoms with van der Waals surface area (Å²) in [6.07, 6.45) is 2.58. The van der Waals surface area contributed by atoms with E-state index in [1.54, 1.807) is 0 Å². The molecule has 3 nitrogen and oxygen atoms in total. The van der Waals surface area contributed by atoms with E-state index in [4.69, 9.17) is 0 Å². The lowest BCUT2D eigenvalue weighted by Gasteiger charge is -2.18. The third-order valence-corrected chi connectivity index (χ3v) is 2.73. The van der Waals surface area contributed by atoms with Crippen LogP contribution < -0.4 is 5.32 Å². The Kier molecular flexibility index (Phi) is 1.42. The molecule has 1 amide bonds. The average molecular weight is 154 g/mol. The fourth-order valence-electron chi connectivity index (χ4n) is 1.73. The maximum Gasteiger partial charge on any atom is 0.236 e. The van der Waals surface area contributed by atoms with Crippen molar-refractivity contribution in [1.29, 1.82) is 0 Å². The summed E-state index contributed by atoms with van der Waals surface area (Å²) in [6.45, 7) is 2.51. The lowest BCUT2D eigenvalue weighted by Crippen LogP contribution is -2.32. The third kappa shape index (κ3) is 1.25. The van der Waals surface area contributed by atoms with Gasteiger partial charge < -0.3 is 10.2 Å². The van der Waals surface area contributed by atoms with Crippen molar-refractivity contribution in [3.05, 3.63) is 0 Å². The average Bonchev–Trinajstić information content (AvgIpc) is 2.69. The monoisotopic (exact) mass is 154 g/mol. The van der Waals surface area contributed by atoms with E-state index in [0.29, 0.717) is 12.0 Å². The SMILES string of the molecule is CN1CC2(CC2)CNCC1=O. The molecule has 0 bridgehead atoms. The molecule has 11 heavy (non-hydrogen) atoms. The zero-order chi connectivity index (χ0) is 7.90. The van der Waals surface area contributed by atoms with E-state index in [9.17, 15) is 4.79 Å². The maximum absolute atomic E-state index is 11.2. The second kappa shape index (κ2) is 2.21. The molecule has 2 rings (SSSR count). The van der Waals surface area contributed by atoms with Gasteiger partial charge in [-0.2, -0.15) is 0 Å². The molecular weight excluding hydrogens is 140 g/mol. The molecule has 3 heteroatoms. The Morgan fingerprint density at radius 3 is 2.91 bits per heavy atom. The summed E-state index contributed by atoms with van der Waals surface area (Å²) in [7, 11) is 1.90. The Morgan fingerprint density at radius 1 is 1.55 bits per heavy atom. The first-order valence-corrected chi connectivity index (χ1v) is 4.17. The second-order valence-electron chi connectivity index (χ2n) is 3.85. The lowest BCUT2D eigenvalue weighted by atomic mass is 10.1. The summed E-state index contributed by atoms with van der Waals surface area (Å²) in [5.74, 6) is 0.230. The lowest BCUT2D eigenvalue weighted by molar-refractivity contribution is -0.128. The first-order valence-electron chi connectivity index (χ1n) is 4.17. The van der Waals surface area contributed by atoms with E-state index < -0.39 is 0 Å². The third-order valence-electron chi connectivity index (χ3n) is 2.73. The van der Waals surface area contributed by atoms with Crippen LogP contribution in [0.2, 0.25) is 0 Å². The van der Waals surface area contributed by atoms with Crippen molar-refractivity contribution in [1.82, 2.24) is 10.2 Å². The van der Waals surface area contributed by atoms with Crippen molar-refractivity contribution in [2.24, 2.45) is 5.41 Å². The molecule has 1 aliphatic heterocycles. The van der Waals surface area contributed by atoms with Gasteiger partial charge in [-0.05, 0) is 12.8 Å². The highest BCUT2D eigenvalue weighted by Crippen LogP contribution is 2.45. The molecule has 0 radical (unpaired) electrons. The van der Waals surface area contributed by atoms with E-state index in [1.807, 2.05) is 11.9 Å². The Bertz CT molecular complexity index is 187. The van der Waals surface area contributed by atoms with Gasteiger partial charge in [0.2, 0.25) is 5.91 Å². The largest absolute Gasteiger partial charge is 0.344 e. The van der Waals surface area contributed by atoms with Crippen LogP contribution in [0.5, 0.6) is 0 Å². The second-order valence-corrected chi connectivity index (χ2v) is 3.85. The van der Waals surface area contributed by atoms with E-state index in [1.165, 1.54) is 12.8 Å². The van der Waals surface area contributed by atoms with Gasteiger partial charge in [-0.3, -0.25) is 4.79 Å². The van der Waals surface area contributed by atoms with Crippen molar-refractivity contribution < 1.29 is 4.79 Å². The fraction of sp³-hybridized carbons (Fsp3) is 0.875. The normalized spacial score (nSPS) is 28.8. The summed E-state index contributed by atoms with van der Waals surface area (Å²) in [5, 5.41) is 3.19. The molecule has 0 aromatic heterocycles. The zero-order valence-corrected chi connectivity index (χ0v) is 6.89. The van der Waals surface area contributed by atoms with Gasteiger partial charge in [0.1, 0.15) is 0 Å². The highest BCUT2D eigenvalue weighted by atomic mass is 16.2. The molecule has 2 aliphatic rings. The summed E-state index contributed by atoms with van der Waals surface area (Å²) in [4.78, 5) is 13.0. The molecule has 1 spiro atoms. The smallest absolute Gasteiger partial charge is 0.236 e. The van der Waals surface area contributed by atoms with Gasteiger partial charge in [-0.25, -0.2) is 0 Å². The van der Waals surface area contributed by atoms with Crippen LogP contribution in [0.3, 0.4) is 0 Å². The highest BCUT2D eigenvalue weighted by Gasteiger charge is 2.44. The van der Waals surface area contributed by atoms with Crippen LogP contribution in [0.15, 0.2) is 0 Å². The van der Waals surface area contributed by atoms with Crippen LogP contribution in [0, 0.1) is 5.41 Å². The first kappa shape index (κ1) is 7.10. The van der Waals surface area contributed by atoms with Gasteiger partial charge in [0.15, 0.2) is 0 Å². The Morgan fingerprint density at radius 2 is 2.27 bits per heavy atom. The highest BCUT2D eigenvalue weighted by molar-refractivity contribution is 5.78. The molecule has 0 atom stereocenters. The molecule has 2 fully saturated rings. The Labute approximate surface area is 66.8 Å². The van der Waals surface area contributed by atoms with Crippen LogP contribution >= 0.6 is 0 Å². The van der Waals surface area contributed by atoms with Gasteiger partial charge in [-0.15, -0.1) is 0 Å². The number of hydrogen-bond acceptors (Lipinski definition) is 2. The number of carbonyl (C=O) groups is 1. The van der Waals surface area contributed by atoms with Crippen molar-refractivity contribution in [3.63, 3.8) is 0 Å². The first-order chi connectivity index (χ1) is 5.22. The van der Waals surface area contributed by atoms with E-state index in [0.717, 1.165) is 13.1 Å². The topological polar surface area (TPSA) is 32.3 Å². The van der Waals surface area contributed by atoms with Crippen LogP contribution in [0.1, 0.15) is 12.8 Å². The Balaban J connectivity index is 2.06. The van der Waals surface area contributed by atoms with Gasteiger partial charge in [0, 0.05) is 25.6 Å². The molecule has 1 saturated heterocycles. The maximum atomic E-state index is 11.2. The Hall–Kier alpha value is -0.570. The summed E-state index contributed by atoms with van der Waals surface area (Å²) < 4.78 is 0. The van der Waals surface area contributed by atoms with E-state index >= 15 is 0 Å². The van der Waals surface area contributed by atoms with E-state index in [-0.39, 0.29) is 5.91 Å². The predicted octanol–water partition coefficient (Wildman–Crippen LogP) is -0.172. The number of carbonyl (C=O) groups excluding carboxylic acids is 1. The molecule has 62 valence electrons. The summed E-state index contributed by atoms with van der Waals surface area (Å²) >= 11 is 0. The van der Waals surface area contributed by atoms with Crippen molar-refractivity contribution in [2.45, 2.75) is 12.8 Å². The fourth-order valence-corrected chi connectivity index (χ4v) is 1.73. The van der Waals surface area contributed by atoms with Crippen LogP contribution in [-0.4, -0.2) is 37.5 Å². The molecule has 1 N–H and O–H groups in total. The number of likely N-dealkylation sites (N-methyl/N-ethyl adjacent to an activating group) is 1. The van der Waals surface area contributed by atoms with Crippen LogP contribution in [0.25, 0.3) is 0 Å². The number of amides is 1. The van der Waals surface area contributed by atoms with E-state index in [2.05, 4.69) is 5.32 Å². The standard InChI is InChI=1S/C8H14N2O/c1-10-6-8(2-3-8)5-9-4-7(10)11/h9H,2-6H2,1H3. The molecule has 0 aromatic rings. The summed E-state index contributed by atoms with van der Waals surface area (Å²) in [5.41, 5.74) is 0.459. The number of rotatable bonds is 0. The predicted molar refractivity (Wildman–Crippen MR) is 42.2 cm³/mol. The summed E-state index contributed by atoms with van der Waals surface area (Å²) in [6, 6.07) is 0. The van der Waals surface area contributed by atoms with Crippen molar-refractivity contribution in [3.8, 4) is 0 Å². The zero-order valence-electron chi connectivity index (χ0n) is 6.89. The van der Waals surface area contributed by atoms with Crippen molar-refractivity contribution >= 4 is 5.91 Å². The number of hydrogen-bond donors (Lipinski definition) is 1. The van der Waals surface area contributed by atoms with Crippen LogP contribution in [-0.2, 0) is 4.79 Å². The molecule has 0 aromatic carbocycles. The van der Waals surface area contributed by atoms with Crippen LogP contribution in [0.4, 0.5) is 0 Å². The minimum atomic E-state index is 0.230. The molecule has 1 aliphatic carbocycles. The molecule has 1 heterocycles. The van der Waals surface area contributed by atoms with Gasteiger partial charge in [-0.1, -0.05) is 0 Å². The van der Waals surface area contributed by atoms with Gasteiger partial charge in [0.25, 0.3) is 0 Å². The number of nitrogens with one attached hydrogen (secondary N) is 1. The van der Waals surface area contributed by atoms with Gasteiger partial charge in [0.05, 0.1) is 6.54 Å². The van der Waals surface area contributed by atoms with Gasteiger partial charge >= 0.3 is 0 Å². The quantitative estimate of drug-likeness (QED) is 0.525. The number of nitrogens with zero attached hydrogens (tertiary/aromatic N) is 1. The molecule has 0 unspecified atom stereocenters.